The number of β-amino-alcohol motifs (C(OH)–C–C–N with tert-alkyl or cyclic N) is 1. The standard InChI is InChI=1S/C23H35N3O6/c1-2-24-17-12-18(22-20(13-17)29-8-3-9-32-22)23(28)25-14-16-4-6-26(15-19(16)27)7-5-21-30-10-11-31-21/h12-13,16,19,21,24,27H,2-11,14-15H2,1H3,(H,25,28)/t16-,19?/m0/s1. The molecule has 0 bridgehead atoms. The van der Waals surface area contributed by atoms with Gasteiger partial charge in [-0.25, -0.2) is 0 Å². The predicted octanol–water partition coefficient (Wildman–Crippen LogP) is 1.46. The van der Waals surface area contributed by atoms with Crippen LogP contribution in [0.2, 0.25) is 0 Å². The Morgan fingerprint density at radius 2 is 2.00 bits per heavy atom. The molecule has 3 aliphatic heterocycles. The second-order valence-electron chi connectivity index (χ2n) is 8.52. The molecule has 0 spiro atoms. The van der Waals surface area contributed by atoms with Gasteiger partial charge in [-0.1, -0.05) is 0 Å². The zero-order valence-electron chi connectivity index (χ0n) is 18.8. The number of nitrogens with zero attached hydrogens (tertiary/aromatic N) is 1. The lowest BCUT2D eigenvalue weighted by molar-refractivity contribution is -0.0576. The van der Waals surface area contributed by atoms with Crippen LogP contribution in [0.3, 0.4) is 0 Å². The lowest BCUT2D eigenvalue weighted by atomic mass is 9.93. The van der Waals surface area contributed by atoms with Crippen molar-refractivity contribution >= 4 is 11.6 Å². The quantitative estimate of drug-likeness (QED) is 0.548. The fourth-order valence-corrected chi connectivity index (χ4v) is 4.42. The van der Waals surface area contributed by atoms with Crippen molar-refractivity contribution in [2.75, 3.05) is 64.5 Å². The second-order valence-corrected chi connectivity index (χ2v) is 8.52. The molecule has 9 heteroatoms. The van der Waals surface area contributed by atoms with E-state index in [1.54, 1.807) is 6.07 Å². The number of hydrogen-bond acceptors (Lipinski definition) is 8. The SMILES string of the molecule is CCNc1cc2c(c(C(=O)NC[C@@H]3CCN(CCC4OCCO4)CC3O)c1)OCCCO2. The minimum atomic E-state index is -0.487. The van der Waals surface area contributed by atoms with E-state index in [-0.39, 0.29) is 18.1 Å². The molecule has 1 aromatic carbocycles. The van der Waals surface area contributed by atoms with E-state index in [4.69, 9.17) is 18.9 Å². The molecule has 2 saturated heterocycles. The molecule has 9 nitrogen and oxygen atoms in total. The molecule has 3 aliphatic rings. The number of aliphatic hydroxyl groups is 1. The maximum Gasteiger partial charge on any atom is 0.255 e. The molecule has 2 fully saturated rings. The lowest BCUT2D eigenvalue weighted by Crippen LogP contribution is -2.48. The van der Waals surface area contributed by atoms with Crippen LogP contribution in [0.15, 0.2) is 12.1 Å². The highest BCUT2D eigenvalue weighted by atomic mass is 16.7. The van der Waals surface area contributed by atoms with Crippen LogP contribution in [0.1, 0.15) is 36.5 Å². The first-order chi connectivity index (χ1) is 15.6. The maximum absolute atomic E-state index is 13.1. The number of nitrogens with one attached hydrogen (secondary N) is 2. The molecule has 1 amide bonds. The van der Waals surface area contributed by atoms with E-state index in [0.29, 0.717) is 56.6 Å². The molecule has 32 heavy (non-hydrogen) atoms. The number of ether oxygens (including phenoxy) is 4. The monoisotopic (exact) mass is 449 g/mol. The van der Waals surface area contributed by atoms with Crippen LogP contribution < -0.4 is 20.1 Å². The van der Waals surface area contributed by atoms with Gasteiger partial charge in [0, 0.05) is 56.7 Å². The van der Waals surface area contributed by atoms with Crippen LogP contribution in [0.25, 0.3) is 0 Å². The number of fused-ring (bicyclic) bond motifs is 1. The van der Waals surface area contributed by atoms with Gasteiger partial charge in [-0.3, -0.25) is 4.79 Å². The third kappa shape index (κ3) is 5.83. The number of aliphatic hydroxyl groups excluding tert-OH is 1. The summed E-state index contributed by atoms with van der Waals surface area (Å²) in [6.45, 7) is 7.87. The van der Waals surface area contributed by atoms with E-state index < -0.39 is 6.10 Å². The van der Waals surface area contributed by atoms with Crippen molar-refractivity contribution in [3.05, 3.63) is 17.7 Å². The Morgan fingerprint density at radius 1 is 1.19 bits per heavy atom. The number of likely N-dealkylation sites (tertiary alicyclic amines) is 1. The predicted molar refractivity (Wildman–Crippen MR) is 119 cm³/mol. The summed E-state index contributed by atoms with van der Waals surface area (Å²) in [5, 5.41) is 16.9. The molecule has 178 valence electrons. The molecule has 3 N–H and O–H groups in total. The summed E-state index contributed by atoms with van der Waals surface area (Å²) in [6.07, 6.45) is 1.80. The summed E-state index contributed by atoms with van der Waals surface area (Å²) in [5.41, 5.74) is 1.29. The number of carbonyl (C=O) groups excluding carboxylic acids is 1. The van der Waals surface area contributed by atoms with Gasteiger partial charge < -0.3 is 39.6 Å². The maximum atomic E-state index is 13.1. The summed E-state index contributed by atoms with van der Waals surface area (Å²) >= 11 is 0. The first-order valence-corrected chi connectivity index (χ1v) is 11.7. The minimum absolute atomic E-state index is 0.0157. The number of piperidine rings is 1. The highest BCUT2D eigenvalue weighted by molar-refractivity contribution is 5.99. The van der Waals surface area contributed by atoms with Gasteiger partial charge in [0.05, 0.1) is 38.1 Å². The number of amides is 1. The molecular weight excluding hydrogens is 414 g/mol. The molecule has 0 aliphatic carbocycles. The Kier molecular flexibility index (Phi) is 8.07. The highest BCUT2D eigenvalue weighted by Gasteiger charge is 2.29. The second kappa shape index (κ2) is 11.2. The minimum Gasteiger partial charge on any atom is -0.489 e. The number of hydrogen-bond donors (Lipinski definition) is 3. The molecule has 2 atom stereocenters. The first-order valence-electron chi connectivity index (χ1n) is 11.7. The van der Waals surface area contributed by atoms with Crippen molar-refractivity contribution in [1.29, 1.82) is 0 Å². The Morgan fingerprint density at radius 3 is 2.78 bits per heavy atom. The van der Waals surface area contributed by atoms with Gasteiger partial charge in [-0.2, -0.15) is 0 Å². The molecule has 0 aromatic heterocycles. The Hall–Kier alpha value is -2.07. The van der Waals surface area contributed by atoms with E-state index in [0.717, 1.165) is 44.6 Å². The molecule has 0 saturated carbocycles. The molecule has 1 aromatic rings. The zero-order chi connectivity index (χ0) is 22.3. The first kappa shape index (κ1) is 23.1. The number of anilines is 1. The fraction of sp³-hybridized carbons (Fsp3) is 0.696. The Balaban J connectivity index is 1.32. The number of rotatable bonds is 8. The van der Waals surface area contributed by atoms with Crippen LogP contribution in [0, 0.1) is 5.92 Å². The van der Waals surface area contributed by atoms with Crippen molar-refractivity contribution in [2.24, 2.45) is 5.92 Å². The van der Waals surface area contributed by atoms with Gasteiger partial charge in [-0.05, 0) is 26.0 Å². The van der Waals surface area contributed by atoms with E-state index >= 15 is 0 Å². The van der Waals surface area contributed by atoms with Gasteiger partial charge in [-0.15, -0.1) is 0 Å². The van der Waals surface area contributed by atoms with Crippen LogP contribution in [-0.2, 0) is 9.47 Å². The smallest absolute Gasteiger partial charge is 0.255 e. The molecule has 3 heterocycles. The highest BCUT2D eigenvalue weighted by Crippen LogP contribution is 2.36. The third-order valence-corrected chi connectivity index (χ3v) is 6.18. The lowest BCUT2D eigenvalue weighted by Gasteiger charge is -2.36. The van der Waals surface area contributed by atoms with Crippen molar-refractivity contribution in [3.8, 4) is 11.5 Å². The normalized spacial score (nSPS) is 24.2. The van der Waals surface area contributed by atoms with E-state index in [2.05, 4.69) is 15.5 Å². The average molecular weight is 450 g/mol. The number of carbonyl (C=O) groups is 1. The van der Waals surface area contributed by atoms with Crippen molar-refractivity contribution in [1.82, 2.24) is 10.2 Å². The summed E-state index contributed by atoms with van der Waals surface area (Å²) in [7, 11) is 0. The summed E-state index contributed by atoms with van der Waals surface area (Å²) < 4.78 is 22.6. The van der Waals surface area contributed by atoms with Gasteiger partial charge in [0.25, 0.3) is 5.91 Å². The third-order valence-electron chi connectivity index (χ3n) is 6.18. The van der Waals surface area contributed by atoms with Crippen LogP contribution in [0.4, 0.5) is 5.69 Å². The summed E-state index contributed by atoms with van der Waals surface area (Å²) in [6, 6.07) is 3.68. The van der Waals surface area contributed by atoms with Crippen LogP contribution in [0.5, 0.6) is 11.5 Å². The largest absolute Gasteiger partial charge is 0.489 e. The van der Waals surface area contributed by atoms with Crippen LogP contribution in [-0.4, -0.2) is 87.5 Å². The Bertz CT molecular complexity index is 770. The van der Waals surface area contributed by atoms with Crippen molar-refractivity contribution in [3.63, 3.8) is 0 Å². The van der Waals surface area contributed by atoms with Gasteiger partial charge in [0.1, 0.15) is 0 Å². The van der Waals surface area contributed by atoms with Crippen LogP contribution >= 0.6 is 0 Å². The topological polar surface area (TPSA) is 102 Å². The van der Waals surface area contributed by atoms with E-state index in [1.807, 2.05) is 13.0 Å². The molecule has 0 radical (unpaired) electrons. The van der Waals surface area contributed by atoms with Gasteiger partial charge in [0.2, 0.25) is 0 Å². The van der Waals surface area contributed by atoms with E-state index in [1.165, 1.54) is 0 Å². The van der Waals surface area contributed by atoms with Crippen molar-refractivity contribution in [2.45, 2.75) is 38.6 Å². The fourth-order valence-electron chi connectivity index (χ4n) is 4.42. The molecular formula is C23H35N3O6. The summed E-state index contributed by atoms with van der Waals surface area (Å²) in [5.74, 6) is 0.890. The van der Waals surface area contributed by atoms with E-state index in [9.17, 15) is 9.90 Å². The van der Waals surface area contributed by atoms with Crippen molar-refractivity contribution < 1.29 is 28.8 Å². The Labute approximate surface area is 189 Å². The van der Waals surface area contributed by atoms with Gasteiger partial charge in [0.15, 0.2) is 17.8 Å². The van der Waals surface area contributed by atoms with Gasteiger partial charge >= 0.3 is 0 Å². The molecule has 4 rings (SSSR count). The number of benzene rings is 1. The average Bonchev–Trinajstić information content (AvgIpc) is 3.20. The summed E-state index contributed by atoms with van der Waals surface area (Å²) in [4.78, 5) is 15.3. The zero-order valence-corrected chi connectivity index (χ0v) is 18.8. The molecule has 1 unspecified atom stereocenters.